The van der Waals surface area contributed by atoms with E-state index in [4.69, 9.17) is 14.2 Å². The van der Waals surface area contributed by atoms with Crippen LogP contribution in [0.2, 0.25) is 0 Å². The summed E-state index contributed by atoms with van der Waals surface area (Å²) in [5.74, 6) is 0.916. The molecule has 5 nitrogen and oxygen atoms in total. The zero-order valence-corrected chi connectivity index (χ0v) is 14.3. The first-order valence-corrected chi connectivity index (χ1v) is 9.20. The lowest BCUT2D eigenvalue weighted by Crippen LogP contribution is -2.37. The second-order valence-electron chi connectivity index (χ2n) is 8.32. The molecule has 0 spiro atoms. The molecule has 4 aliphatic rings. The van der Waals surface area contributed by atoms with Gasteiger partial charge in [0, 0.05) is 19.1 Å². The van der Waals surface area contributed by atoms with Crippen molar-refractivity contribution in [3.63, 3.8) is 0 Å². The van der Waals surface area contributed by atoms with E-state index in [2.05, 4.69) is 19.2 Å². The van der Waals surface area contributed by atoms with Crippen LogP contribution in [-0.2, 0) is 19.0 Å². The molecule has 6 unspecified atom stereocenters. The van der Waals surface area contributed by atoms with E-state index in [-0.39, 0.29) is 23.0 Å². The van der Waals surface area contributed by atoms with Gasteiger partial charge in [0.05, 0.1) is 30.0 Å². The molecule has 4 fully saturated rings. The number of carbonyl (C=O) groups is 1. The van der Waals surface area contributed by atoms with Crippen molar-refractivity contribution >= 4 is 5.91 Å². The minimum Gasteiger partial charge on any atom is -0.379 e. The van der Waals surface area contributed by atoms with Gasteiger partial charge in [0.15, 0.2) is 0 Å². The minimum atomic E-state index is 0.0846. The first-order valence-electron chi connectivity index (χ1n) is 9.20. The van der Waals surface area contributed by atoms with E-state index >= 15 is 0 Å². The Labute approximate surface area is 138 Å². The highest BCUT2D eigenvalue weighted by Gasteiger charge is 2.56. The summed E-state index contributed by atoms with van der Waals surface area (Å²) in [5.41, 5.74) is 0.271. The number of carbonyl (C=O) groups excluding carboxylic acids is 1. The summed E-state index contributed by atoms with van der Waals surface area (Å²) < 4.78 is 17.1. The second-order valence-corrected chi connectivity index (χ2v) is 8.32. The predicted molar refractivity (Wildman–Crippen MR) is 85.1 cm³/mol. The van der Waals surface area contributed by atoms with Crippen LogP contribution in [0.25, 0.3) is 0 Å². The molecule has 130 valence electrons. The first-order chi connectivity index (χ1) is 11.0. The number of amides is 1. The Balaban J connectivity index is 1.07. The van der Waals surface area contributed by atoms with Crippen LogP contribution in [0.1, 0.15) is 52.4 Å². The Morgan fingerprint density at radius 1 is 1.13 bits per heavy atom. The Morgan fingerprint density at radius 3 is 2.52 bits per heavy atom. The molecule has 23 heavy (non-hydrogen) atoms. The smallest absolute Gasteiger partial charge is 0.223 e. The SMILES string of the molecule is CC12CCC(COCCNC(=O)C3CCC4(C)OC4C3)CC1O2. The van der Waals surface area contributed by atoms with Crippen LogP contribution in [0, 0.1) is 11.8 Å². The summed E-state index contributed by atoms with van der Waals surface area (Å²) in [5, 5.41) is 3.02. The van der Waals surface area contributed by atoms with Gasteiger partial charge in [-0.1, -0.05) is 0 Å². The molecule has 0 bridgehead atoms. The molecule has 1 N–H and O–H groups in total. The molecular weight excluding hydrogens is 294 g/mol. The van der Waals surface area contributed by atoms with Crippen molar-refractivity contribution in [2.75, 3.05) is 19.8 Å². The van der Waals surface area contributed by atoms with Gasteiger partial charge in [-0.05, 0) is 58.3 Å². The molecule has 0 aromatic carbocycles. The standard InChI is InChI=1S/C18H29NO4/c1-17-5-3-12(9-14(17)22-17)11-21-8-7-19-16(20)13-4-6-18(2)15(10-13)23-18/h12-15H,3-11H2,1-2H3,(H,19,20). The quantitative estimate of drug-likeness (QED) is 0.600. The topological polar surface area (TPSA) is 63.4 Å². The van der Waals surface area contributed by atoms with E-state index in [9.17, 15) is 4.79 Å². The average molecular weight is 323 g/mol. The number of epoxide rings is 2. The zero-order chi connectivity index (χ0) is 16.1. The maximum absolute atomic E-state index is 12.2. The summed E-state index contributed by atoms with van der Waals surface area (Å²) in [6.07, 6.45) is 7.10. The molecule has 2 saturated heterocycles. The molecule has 2 heterocycles. The van der Waals surface area contributed by atoms with Crippen molar-refractivity contribution in [1.29, 1.82) is 0 Å². The van der Waals surface area contributed by atoms with Crippen molar-refractivity contribution < 1.29 is 19.0 Å². The third-order valence-corrected chi connectivity index (χ3v) is 6.42. The number of ether oxygens (including phenoxy) is 3. The van der Waals surface area contributed by atoms with Gasteiger partial charge in [-0.3, -0.25) is 4.79 Å². The highest BCUT2D eigenvalue weighted by molar-refractivity contribution is 5.78. The Morgan fingerprint density at radius 2 is 1.83 bits per heavy atom. The molecule has 0 radical (unpaired) electrons. The van der Waals surface area contributed by atoms with Gasteiger partial charge in [-0.2, -0.15) is 0 Å². The fraction of sp³-hybridized carbons (Fsp3) is 0.944. The van der Waals surface area contributed by atoms with Gasteiger partial charge in [0.1, 0.15) is 0 Å². The Bertz CT molecular complexity index is 484. The fourth-order valence-electron chi connectivity index (χ4n) is 4.40. The van der Waals surface area contributed by atoms with Crippen molar-refractivity contribution in [3.8, 4) is 0 Å². The molecule has 1 amide bonds. The lowest BCUT2D eigenvalue weighted by atomic mass is 9.82. The summed E-state index contributed by atoms with van der Waals surface area (Å²) in [4.78, 5) is 12.2. The number of nitrogens with one attached hydrogen (secondary N) is 1. The first kappa shape index (κ1) is 15.9. The molecule has 2 aliphatic carbocycles. The third-order valence-electron chi connectivity index (χ3n) is 6.42. The van der Waals surface area contributed by atoms with Crippen LogP contribution in [-0.4, -0.2) is 49.1 Å². The van der Waals surface area contributed by atoms with E-state index in [1.807, 2.05) is 0 Å². The molecule has 0 aromatic rings. The van der Waals surface area contributed by atoms with Crippen LogP contribution < -0.4 is 5.32 Å². The van der Waals surface area contributed by atoms with Crippen LogP contribution >= 0.6 is 0 Å². The summed E-state index contributed by atoms with van der Waals surface area (Å²) in [7, 11) is 0. The maximum Gasteiger partial charge on any atom is 0.223 e. The largest absolute Gasteiger partial charge is 0.379 e. The normalized spacial score (nSPS) is 47.4. The number of rotatable bonds is 6. The van der Waals surface area contributed by atoms with E-state index in [0.29, 0.717) is 31.3 Å². The Kier molecular flexibility index (Phi) is 3.94. The number of hydrogen-bond donors (Lipinski definition) is 1. The van der Waals surface area contributed by atoms with Crippen LogP contribution in [0.3, 0.4) is 0 Å². The third kappa shape index (κ3) is 3.28. The Hall–Kier alpha value is -0.650. The van der Waals surface area contributed by atoms with E-state index < -0.39 is 0 Å². The molecule has 4 rings (SSSR count). The molecular formula is C18H29NO4. The second kappa shape index (κ2) is 5.71. The molecule has 0 aromatic heterocycles. The molecule has 5 heteroatoms. The lowest BCUT2D eigenvalue weighted by molar-refractivity contribution is -0.126. The predicted octanol–water partition coefficient (Wildman–Crippen LogP) is 2.03. The highest BCUT2D eigenvalue weighted by Crippen LogP contribution is 2.49. The number of fused-ring (bicyclic) bond motifs is 2. The van der Waals surface area contributed by atoms with Gasteiger partial charge < -0.3 is 19.5 Å². The molecule has 2 aliphatic heterocycles. The molecule has 2 saturated carbocycles. The minimum absolute atomic E-state index is 0.0846. The van der Waals surface area contributed by atoms with Crippen LogP contribution in [0.4, 0.5) is 0 Å². The van der Waals surface area contributed by atoms with Gasteiger partial charge >= 0.3 is 0 Å². The van der Waals surface area contributed by atoms with Crippen molar-refractivity contribution in [3.05, 3.63) is 0 Å². The summed E-state index contributed by atoms with van der Waals surface area (Å²) >= 11 is 0. The van der Waals surface area contributed by atoms with Crippen molar-refractivity contribution in [2.45, 2.75) is 75.8 Å². The van der Waals surface area contributed by atoms with Gasteiger partial charge in [0.2, 0.25) is 5.91 Å². The average Bonchev–Trinajstić information content (AvgIpc) is 3.38. The van der Waals surface area contributed by atoms with Crippen molar-refractivity contribution in [2.24, 2.45) is 11.8 Å². The van der Waals surface area contributed by atoms with Crippen molar-refractivity contribution in [1.82, 2.24) is 5.32 Å². The highest BCUT2D eigenvalue weighted by atomic mass is 16.6. The number of hydrogen-bond acceptors (Lipinski definition) is 4. The van der Waals surface area contributed by atoms with Gasteiger partial charge in [-0.25, -0.2) is 0 Å². The van der Waals surface area contributed by atoms with Gasteiger partial charge in [-0.15, -0.1) is 0 Å². The zero-order valence-electron chi connectivity index (χ0n) is 14.3. The van der Waals surface area contributed by atoms with Crippen LogP contribution in [0.15, 0.2) is 0 Å². The van der Waals surface area contributed by atoms with E-state index in [1.54, 1.807) is 0 Å². The van der Waals surface area contributed by atoms with E-state index in [0.717, 1.165) is 38.7 Å². The summed E-state index contributed by atoms with van der Waals surface area (Å²) in [6.45, 7) is 6.38. The monoisotopic (exact) mass is 323 g/mol. The maximum atomic E-state index is 12.2. The van der Waals surface area contributed by atoms with Crippen LogP contribution in [0.5, 0.6) is 0 Å². The van der Waals surface area contributed by atoms with Gasteiger partial charge in [0.25, 0.3) is 0 Å². The lowest BCUT2D eigenvalue weighted by Gasteiger charge is -2.23. The molecule has 6 atom stereocenters. The fourth-order valence-corrected chi connectivity index (χ4v) is 4.40. The summed E-state index contributed by atoms with van der Waals surface area (Å²) in [6, 6.07) is 0. The van der Waals surface area contributed by atoms with E-state index in [1.165, 1.54) is 6.42 Å².